The van der Waals surface area contributed by atoms with Crippen molar-refractivity contribution < 1.29 is 40.5 Å². The van der Waals surface area contributed by atoms with Gasteiger partial charge in [-0.25, -0.2) is 0 Å². The maximum Gasteiger partial charge on any atom is 0.444 e. The molecule has 0 radical (unpaired) electrons. The number of rotatable bonds is 5. The van der Waals surface area contributed by atoms with Crippen LogP contribution in [-0.2, 0) is 10.1 Å². The fraction of sp³-hybridized carbons (Fsp3) is 0.692. The van der Waals surface area contributed by atoms with Gasteiger partial charge >= 0.3 is 21.3 Å². The normalized spacial score (nSPS) is 27.6. The van der Waals surface area contributed by atoms with Crippen molar-refractivity contribution >= 4 is 10.1 Å². The highest BCUT2D eigenvalue weighted by molar-refractivity contribution is 7.88. The quantitative estimate of drug-likeness (QED) is 0.774. The Morgan fingerprint density at radius 2 is 1.67 bits per heavy atom. The van der Waals surface area contributed by atoms with Gasteiger partial charge in [-0.2, -0.15) is 26.0 Å². The summed E-state index contributed by atoms with van der Waals surface area (Å²) in [5.74, 6) is -9.40. The van der Waals surface area contributed by atoms with Gasteiger partial charge in [0.25, 0.3) is 0 Å². The lowest BCUT2D eigenvalue weighted by Crippen LogP contribution is -2.55. The topological polar surface area (TPSA) is 88.8 Å². The first-order chi connectivity index (χ1) is 11.0. The molecule has 136 valence electrons. The molecule has 0 spiro atoms. The summed E-state index contributed by atoms with van der Waals surface area (Å²) in [5.41, 5.74) is 0. The van der Waals surface area contributed by atoms with E-state index in [9.17, 15) is 36.2 Å². The van der Waals surface area contributed by atoms with Gasteiger partial charge in [0.2, 0.25) is 11.8 Å². The van der Waals surface area contributed by atoms with Crippen molar-refractivity contribution in [2.24, 2.45) is 17.8 Å². The van der Waals surface area contributed by atoms with Crippen LogP contribution in [-0.4, -0.2) is 34.5 Å². The molecule has 3 rings (SSSR count). The molecule has 6 nitrogen and oxygen atoms in total. The van der Waals surface area contributed by atoms with Crippen LogP contribution in [0.15, 0.2) is 12.1 Å². The van der Waals surface area contributed by atoms with Crippen molar-refractivity contribution in [3.8, 4) is 11.8 Å². The molecule has 2 aliphatic carbocycles. The number of nitrogens with zero attached hydrogens (tertiary/aromatic N) is 1. The Morgan fingerprint density at radius 1 is 1.08 bits per heavy atom. The molecule has 2 saturated carbocycles. The van der Waals surface area contributed by atoms with Gasteiger partial charge in [0.05, 0.1) is 0 Å². The number of fused-ring (bicyclic) bond motifs is 2. The Bertz CT molecular complexity index is 728. The first-order valence-corrected chi connectivity index (χ1v) is 8.68. The Labute approximate surface area is 134 Å². The standard InChI is InChI=1S/C13H15F4NO5S/c14-12(15,9-6-7-1-2-8(9)5-7)13(16,17)24(21,22)23-18-10(19)3-4-11(18)20/h3-4,7-9,19-20H,1-2,5-6H2. The molecule has 0 amide bonds. The van der Waals surface area contributed by atoms with E-state index in [-0.39, 0.29) is 17.1 Å². The van der Waals surface area contributed by atoms with Gasteiger partial charge in [0.15, 0.2) is 0 Å². The lowest BCUT2D eigenvalue weighted by atomic mass is 9.84. The van der Waals surface area contributed by atoms with Crippen molar-refractivity contribution in [2.75, 3.05) is 0 Å². The molecule has 1 aromatic heterocycles. The molecule has 2 aliphatic rings. The van der Waals surface area contributed by atoms with Gasteiger partial charge < -0.3 is 10.2 Å². The number of aromatic hydroxyl groups is 2. The second-order valence-electron chi connectivity index (χ2n) is 6.29. The van der Waals surface area contributed by atoms with Crippen LogP contribution in [0.25, 0.3) is 0 Å². The van der Waals surface area contributed by atoms with Gasteiger partial charge in [0, 0.05) is 18.1 Å². The highest BCUT2D eigenvalue weighted by Gasteiger charge is 2.73. The molecule has 0 aliphatic heterocycles. The van der Waals surface area contributed by atoms with Gasteiger partial charge in [0.1, 0.15) is 0 Å². The van der Waals surface area contributed by atoms with E-state index in [0.29, 0.717) is 19.3 Å². The van der Waals surface area contributed by atoms with Crippen molar-refractivity contribution in [1.29, 1.82) is 0 Å². The monoisotopic (exact) mass is 373 g/mol. The Balaban J connectivity index is 1.90. The van der Waals surface area contributed by atoms with E-state index in [1.165, 1.54) is 0 Å². The van der Waals surface area contributed by atoms with Crippen LogP contribution in [0.2, 0.25) is 0 Å². The van der Waals surface area contributed by atoms with Crippen LogP contribution in [0.3, 0.4) is 0 Å². The molecule has 2 N–H and O–H groups in total. The van der Waals surface area contributed by atoms with Crippen molar-refractivity contribution in [1.82, 2.24) is 4.73 Å². The third-order valence-electron chi connectivity index (χ3n) is 4.88. The molecule has 0 aromatic carbocycles. The van der Waals surface area contributed by atoms with E-state index >= 15 is 0 Å². The second kappa shape index (κ2) is 5.17. The molecule has 24 heavy (non-hydrogen) atoms. The van der Waals surface area contributed by atoms with E-state index < -0.39 is 44.9 Å². The molecule has 11 heteroatoms. The summed E-state index contributed by atoms with van der Waals surface area (Å²) in [6.45, 7) is 0. The van der Waals surface area contributed by atoms with Crippen LogP contribution in [0.1, 0.15) is 25.7 Å². The van der Waals surface area contributed by atoms with Crippen LogP contribution < -0.4 is 4.28 Å². The molecule has 1 aromatic rings. The Hall–Kier alpha value is -1.65. The first-order valence-electron chi connectivity index (χ1n) is 7.27. The van der Waals surface area contributed by atoms with Crippen molar-refractivity contribution in [3.05, 3.63) is 12.1 Å². The fourth-order valence-electron chi connectivity index (χ4n) is 3.69. The minimum absolute atomic E-state index is 0.0946. The fourth-order valence-corrected chi connectivity index (χ4v) is 4.62. The summed E-state index contributed by atoms with van der Waals surface area (Å²) < 4.78 is 84.1. The third-order valence-corrected chi connectivity index (χ3v) is 6.12. The van der Waals surface area contributed by atoms with E-state index in [1.54, 1.807) is 0 Å². The molecule has 1 heterocycles. The Kier molecular flexibility index (Phi) is 3.70. The zero-order chi connectivity index (χ0) is 17.9. The number of hydrogen-bond donors (Lipinski definition) is 2. The smallest absolute Gasteiger partial charge is 0.444 e. The maximum atomic E-state index is 14.3. The number of halogens is 4. The van der Waals surface area contributed by atoms with Crippen LogP contribution in [0.5, 0.6) is 11.8 Å². The minimum Gasteiger partial charge on any atom is -0.492 e. The predicted octanol–water partition coefficient (Wildman–Crippen LogP) is 2.32. The SMILES string of the molecule is O=S(=O)(On1c(O)ccc1O)C(F)(F)C(F)(F)C1CC2CCC1C2. The number of hydrogen-bond acceptors (Lipinski definition) is 5. The molecule has 2 bridgehead atoms. The second-order valence-corrected chi connectivity index (χ2v) is 7.86. The van der Waals surface area contributed by atoms with Gasteiger partial charge in [-0.1, -0.05) is 11.2 Å². The summed E-state index contributed by atoms with van der Waals surface area (Å²) >= 11 is 0. The van der Waals surface area contributed by atoms with E-state index in [0.717, 1.165) is 12.1 Å². The van der Waals surface area contributed by atoms with E-state index in [2.05, 4.69) is 4.28 Å². The first kappa shape index (κ1) is 17.2. The van der Waals surface area contributed by atoms with Gasteiger partial charge in [-0.15, -0.1) is 0 Å². The van der Waals surface area contributed by atoms with Crippen LogP contribution in [0, 0.1) is 17.8 Å². The summed E-state index contributed by atoms with van der Waals surface area (Å²) in [6.07, 6.45) is 1.26. The highest BCUT2D eigenvalue weighted by Crippen LogP contribution is 2.58. The molecule has 2 fully saturated rings. The summed E-state index contributed by atoms with van der Waals surface area (Å²) in [6, 6.07) is 1.49. The van der Waals surface area contributed by atoms with Crippen molar-refractivity contribution in [2.45, 2.75) is 36.9 Å². The third kappa shape index (κ3) is 2.32. The number of alkyl halides is 4. The van der Waals surface area contributed by atoms with Crippen LogP contribution >= 0.6 is 0 Å². The van der Waals surface area contributed by atoms with E-state index in [4.69, 9.17) is 0 Å². The largest absolute Gasteiger partial charge is 0.492 e. The molecule has 0 saturated heterocycles. The zero-order valence-corrected chi connectivity index (χ0v) is 13.0. The predicted molar refractivity (Wildman–Crippen MR) is 72.1 cm³/mol. The molecular weight excluding hydrogens is 358 g/mol. The summed E-state index contributed by atoms with van der Waals surface area (Å²) in [5, 5.41) is 13.0. The highest BCUT2D eigenvalue weighted by atomic mass is 32.2. The number of aromatic nitrogens is 1. The molecular formula is C13H15F4NO5S. The average molecular weight is 373 g/mol. The lowest BCUT2D eigenvalue weighted by molar-refractivity contribution is -0.203. The molecule has 3 unspecified atom stereocenters. The lowest BCUT2D eigenvalue weighted by Gasteiger charge is -2.34. The zero-order valence-electron chi connectivity index (χ0n) is 12.2. The minimum atomic E-state index is -6.18. The molecule has 3 atom stereocenters. The maximum absolute atomic E-state index is 14.3. The summed E-state index contributed by atoms with van der Waals surface area (Å²) in [4.78, 5) is 0. The van der Waals surface area contributed by atoms with E-state index in [1.807, 2.05) is 0 Å². The van der Waals surface area contributed by atoms with Crippen molar-refractivity contribution in [3.63, 3.8) is 0 Å². The van der Waals surface area contributed by atoms with Crippen LogP contribution in [0.4, 0.5) is 17.6 Å². The van der Waals surface area contributed by atoms with Gasteiger partial charge in [-0.3, -0.25) is 4.28 Å². The average Bonchev–Trinajstić information content (AvgIpc) is 3.18. The summed E-state index contributed by atoms with van der Waals surface area (Å²) in [7, 11) is -6.18. The van der Waals surface area contributed by atoms with Gasteiger partial charge in [-0.05, 0) is 31.1 Å². The Morgan fingerprint density at radius 3 is 2.12 bits per heavy atom.